The normalized spacial score (nSPS) is 10.0. The smallest absolute Gasteiger partial charge is 0.289 e. The van der Waals surface area contributed by atoms with Crippen LogP contribution in [-0.2, 0) is 0 Å². The zero-order valence-electron chi connectivity index (χ0n) is 13.3. The van der Waals surface area contributed by atoms with E-state index in [1.807, 2.05) is 6.07 Å². The molecule has 0 saturated heterocycles. The van der Waals surface area contributed by atoms with Crippen molar-refractivity contribution in [3.8, 4) is 17.5 Å². The third-order valence-corrected chi connectivity index (χ3v) is 3.37. The van der Waals surface area contributed by atoms with E-state index in [-0.39, 0.29) is 22.7 Å². The number of carbonyl (C=O) groups excluding carboxylic acids is 1. The van der Waals surface area contributed by atoms with E-state index < -0.39 is 5.56 Å². The van der Waals surface area contributed by atoms with Crippen LogP contribution in [0.3, 0.4) is 0 Å². The Morgan fingerprint density at radius 1 is 1.30 bits per heavy atom. The summed E-state index contributed by atoms with van der Waals surface area (Å²) in [6, 6.07) is 8.47. The van der Waals surface area contributed by atoms with Crippen molar-refractivity contribution < 1.29 is 9.53 Å². The van der Waals surface area contributed by atoms with Gasteiger partial charge in [-0.2, -0.15) is 15.0 Å². The average molecular weight is 312 g/mol. The third-order valence-electron chi connectivity index (χ3n) is 3.37. The lowest BCUT2D eigenvalue weighted by atomic mass is 10.1. The van der Waals surface area contributed by atoms with Gasteiger partial charge in [-0.05, 0) is 31.2 Å². The summed E-state index contributed by atoms with van der Waals surface area (Å²) in [5, 5.41) is 13.4. The Hall–Kier alpha value is -3.14. The minimum absolute atomic E-state index is 0.0713. The number of rotatable bonds is 3. The molecule has 2 rings (SSSR count). The number of ether oxygens (including phenoxy) is 1. The molecule has 1 amide bonds. The Bertz CT molecular complexity index is 845. The quantitative estimate of drug-likeness (QED) is 0.847. The molecule has 0 atom stereocenters. The van der Waals surface area contributed by atoms with Crippen LogP contribution in [0.15, 0.2) is 29.1 Å². The second-order valence-corrected chi connectivity index (χ2v) is 5.07. The first kappa shape index (κ1) is 16.2. The summed E-state index contributed by atoms with van der Waals surface area (Å²) in [6.07, 6.45) is 0. The molecule has 23 heavy (non-hydrogen) atoms. The van der Waals surface area contributed by atoms with Gasteiger partial charge in [0.1, 0.15) is 17.4 Å². The summed E-state index contributed by atoms with van der Waals surface area (Å²) in [5.41, 5.74) is 0.134. The van der Waals surface area contributed by atoms with Gasteiger partial charge >= 0.3 is 0 Å². The Morgan fingerprint density at radius 3 is 2.39 bits per heavy atom. The molecule has 0 bridgehead atoms. The number of hydrogen-bond donors (Lipinski definition) is 0. The molecule has 1 heterocycles. The van der Waals surface area contributed by atoms with Gasteiger partial charge in [0, 0.05) is 19.7 Å². The summed E-state index contributed by atoms with van der Waals surface area (Å²) in [7, 11) is 4.70. The molecule has 1 aromatic heterocycles. The highest BCUT2D eigenvalue weighted by Crippen LogP contribution is 2.15. The summed E-state index contributed by atoms with van der Waals surface area (Å²) in [5.74, 6) is 0.250. The second kappa shape index (κ2) is 6.32. The molecule has 1 aromatic carbocycles. The summed E-state index contributed by atoms with van der Waals surface area (Å²) in [6.45, 7) is 1.54. The molecule has 0 fully saturated rings. The van der Waals surface area contributed by atoms with Crippen LogP contribution in [0.4, 0.5) is 0 Å². The minimum Gasteiger partial charge on any atom is -0.497 e. The van der Waals surface area contributed by atoms with Crippen molar-refractivity contribution in [1.82, 2.24) is 14.7 Å². The lowest BCUT2D eigenvalue weighted by Crippen LogP contribution is -2.32. The number of hydrogen-bond acceptors (Lipinski definition) is 5. The molecule has 0 spiro atoms. The summed E-state index contributed by atoms with van der Waals surface area (Å²) < 4.78 is 6.13. The van der Waals surface area contributed by atoms with Crippen LogP contribution in [0, 0.1) is 18.3 Å². The Kier molecular flexibility index (Phi) is 4.46. The molecular weight excluding hydrogens is 296 g/mol. The Labute approximate surface area is 133 Å². The van der Waals surface area contributed by atoms with E-state index in [0.717, 1.165) is 4.68 Å². The van der Waals surface area contributed by atoms with Gasteiger partial charge in [-0.3, -0.25) is 9.59 Å². The fourth-order valence-electron chi connectivity index (χ4n) is 2.05. The lowest BCUT2D eigenvalue weighted by Gasteiger charge is -2.14. The average Bonchev–Trinajstić information content (AvgIpc) is 2.55. The molecule has 0 aliphatic carbocycles. The monoisotopic (exact) mass is 312 g/mol. The standard InChI is InChI=1S/C16H16N4O3/c1-10-13(9-17)15(21)20(18-14(10)16(22)19(2)3)11-5-7-12(23-4)8-6-11/h5-8H,1-4H3. The van der Waals surface area contributed by atoms with Gasteiger partial charge in [-0.15, -0.1) is 0 Å². The molecule has 0 unspecified atom stereocenters. The first-order valence-corrected chi connectivity index (χ1v) is 6.80. The first-order valence-electron chi connectivity index (χ1n) is 6.80. The Balaban J connectivity index is 2.73. The fourth-order valence-corrected chi connectivity index (χ4v) is 2.05. The molecule has 0 N–H and O–H groups in total. The van der Waals surface area contributed by atoms with E-state index >= 15 is 0 Å². The van der Waals surface area contributed by atoms with Crippen molar-refractivity contribution >= 4 is 5.91 Å². The minimum atomic E-state index is -0.564. The van der Waals surface area contributed by atoms with Crippen molar-refractivity contribution in [3.63, 3.8) is 0 Å². The largest absolute Gasteiger partial charge is 0.497 e. The highest BCUT2D eigenvalue weighted by atomic mass is 16.5. The van der Waals surface area contributed by atoms with E-state index in [0.29, 0.717) is 11.4 Å². The molecule has 118 valence electrons. The molecule has 2 aromatic rings. The number of aromatic nitrogens is 2. The molecule has 7 heteroatoms. The number of benzene rings is 1. The maximum absolute atomic E-state index is 12.4. The summed E-state index contributed by atoms with van der Waals surface area (Å²) >= 11 is 0. The molecule has 7 nitrogen and oxygen atoms in total. The van der Waals surface area contributed by atoms with Gasteiger partial charge in [0.05, 0.1) is 12.8 Å². The zero-order chi connectivity index (χ0) is 17.1. The van der Waals surface area contributed by atoms with Crippen LogP contribution in [-0.4, -0.2) is 41.8 Å². The maximum atomic E-state index is 12.4. The fraction of sp³-hybridized carbons (Fsp3) is 0.250. The van der Waals surface area contributed by atoms with Gasteiger partial charge in [-0.25, -0.2) is 0 Å². The van der Waals surface area contributed by atoms with Crippen molar-refractivity contribution in [2.45, 2.75) is 6.92 Å². The topological polar surface area (TPSA) is 88.2 Å². The van der Waals surface area contributed by atoms with Crippen LogP contribution < -0.4 is 10.3 Å². The van der Waals surface area contributed by atoms with E-state index in [9.17, 15) is 14.9 Å². The van der Waals surface area contributed by atoms with Crippen molar-refractivity contribution in [2.75, 3.05) is 21.2 Å². The number of nitrogens with zero attached hydrogens (tertiary/aromatic N) is 4. The number of amides is 1. The highest BCUT2D eigenvalue weighted by Gasteiger charge is 2.21. The van der Waals surface area contributed by atoms with Crippen LogP contribution in [0.2, 0.25) is 0 Å². The van der Waals surface area contributed by atoms with E-state index in [2.05, 4.69) is 5.10 Å². The van der Waals surface area contributed by atoms with E-state index in [1.165, 1.54) is 12.0 Å². The molecule has 0 radical (unpaired) electrons. The number of carbonyl (C=O) groups is 1. The van der Waals surface area contributed by atoms with Gasteiger partial charge < -0.3 is 9.64 Å². The van der Waals surface area contributed by atoms with E-state index in [1.54, 1.807) is 45.3 Å². The van der Waals surface area contributed by atoms with Crippen molar-refractivity contribution in [2.24, 2.45) is 0 Å². The third kappa shape index (κ3) is 2.92. The lowest BCUT2D eigenvalue weighted by molar-refractivity contribution is 0.0819. The molecular formula is C16H16N4O3. The molecule has 0 aliphatic heterocycles. The predicted octanol–water partition coefficient (Wildman–Crippen LogP) is 1.12. The maximum Gasteiger partial charge on any atom is 0.289 e. The number of methoxy groups -OCH3 is 1. The molecule has 0 saturated carbocycles. The van der Waals surface area contributed by atoms with Crippen LogP contribution in [0.1, 0.15) is 21.6 Å². The van der Waals surface area contributed by atoms with Gasteiger partial charge in [-0.1, -0.05) is 0 Å². The van der Waals surface area contributed by atoms with Gasteiger partial charge in [0.25, 0.3) is 11.5 Å². The Morgan fingerprint density at radius 2 is 1.91 bits per heavy atom. The zero-order valence-corrected chi connectivity index (χ0v) is 13.3. The first-order chi connectivity index (χ1) is 10.9. The SMILES string of the molecule is COc1ccc(-n2nc(C(=O)N(C)C)c(C)c(C#N)c2=O)cc1. The number of nitriles is 1. The van der Waals surface area contributed by atoms with E-state index in [4.69, 9.17) is 4.74 Å². The predicted molar refractivity (Wildman–Crippen MR) is 83.9 cm³/mol. The van der Waals surface area contributed by atoms with Crippen molar-refractivity contribution in [3.05, 3.63) is 51.4 Å². The van der Waals surface area contributed by atoms with Gasteiger partial charge in [0.15, 0.2) is 5.69 Å². The molecule has 0 aliphatic rings. The summed E-state index contributed by atoms with van der Waals surface area (Å²) in [4.78, 5) is 26.0. The van der Waals surface area contributed by atoms with Crippen molar-refractivity contribution in [1.29, 1.82) is 5.26 Å². The van der Waals surface area contributed by atoms with Crippen LogP contribution in [0.25, 0.3) is 5.69 Å². The van der Waals surface area contributed by atoms with Crippen LogP contribution in [0.5, 0.6) is 5.75 Å². The second-order valence-electron chi connectivity index (χ2n) is 5.07. The van der Waals surface area contributed by atoms with Gasteiger partial charge in [0.2, 0.25) is 0 Å². The highest BCUT2D eigenvalue weighted by molar-refractivity contribution is 5.93. The van der Waals surface area contributed by atoms with Crippen LogP contribution >= 0.6 is 0 Å².